The second-order valence-electron chi connectivity index (χ2n) is 5.11. The van der Waals surface area contributed by atoms with Crippen molar-refractivity contribution in [3.63, 3.8) is 0 Å². The minimum atomic E-state index is 0.409. The minimum absolute atomic E-state index is 0.409. The van der Waals surface area contributed by atoms with E-state index in [1.54, 1.807) is 6.20 Å². The highest BCUT2D eigenvalue weighted by atomic mass is 16.5. The van der Waals surface area contributed by atoms with Gasteiger partial charge in [-0.3, -0.25) is 0 Å². The van der Waals surface area contributed by atoms with Crippen LogP contribution in [0.25, 0.3) is 0 Å². The van der Waals surface area contributed by atoms with E-state index < -0.39 is 0 Å². The first kappa shape index (κ1) is 13.3. The summed E-state index contributed by atoms with van der Waals surface area (Å²) in [4.78, 5) is 8.58. The second-order valence-corrected chi connectivity index (χ2v) is 5.11. The number of rotatable bonds is 5. The van der Waals surface area contributed by atoms with Gasteiger partial charge in [0.2, 0.25) is 5.95 Å². The summed E-state index contributed by atoms with van der Waals surface area (Å²) in [5, 5.41) is 3.12. The molecular formula is C14H23N3O. The lowest BCUT2D eigenvalue weighted by Crippen LogP contribution is -2.21. The summed E-state index contributed by atoms with van der Waals surface area (Å²) in [7, 11) is 0. The average Bonchev–Trinajstić information content (AvgIpc) is 2.37. The first-order valence-corrected chi connectivity index (χ1v) is 6.95. The van der Waals surface area contributed by atoms with Gasteiger partial charge in [0.25, 0.3) is 0 Å². The smallest absolute Gasteiger partial charge is 0.222 e. The van der Waals surface area contributed by atoms with E-state index in [-0.39, 0.29) is 0 Å². The SMILES string of the molecule is CCNc1nccc(COC2CCCC(C)C2)n1. The van der Waals surface area contributed by atoms with Crippen LogP contribution < -0.4 is 5.32 Å². The lowest BCUT2D eigenvalue weighted by Gasteiger charge is -2.26. The zero-order valence-corrected chi connectivity index (χ0v) is 11.4. The van der Waals surface area contributed by atoms with E-state index in [0.717, 1.165) is 18.2 Å². The van der Waals surface area contributed by atoms with E-state index in [0.29, 0.717) is 18.7 Å². The van der Waals surface area contributed by atoms with Gasteiger partial charge in [-0.05, 0) is 31.7 Å². The molecule has 4 nitrogen and oxygen atoms in total. The molecule has 0 saturated heterocycles. The molecule has 0 radical (unpaired) electrons. The van der Waals surface area contributed by atoms with Crippen molar-refractivity contribution in [1.82, 2.24) is 9.97 Å². The van der Waals surface area contributed by atoms with Crippen molar-refractivity contribution in [3.8, 4) is 0 Å². The molecule has 2 rings (SSSR count). The molecule has 1 aliphatic carbocycles. The zero-order chi connectivity index (χ0) is 12.8. The topological polar surface area (TPSA) is 47.0 Å². The Balaban J connectivity index is 1.83. The van der Waals surface area contributed by atoms with Crippen molar-refractivity contribution in [2.75, 3.05) is 11.9 Å². The Morgan fingerprint density at radius 3 is 3.11 bits per heavy atom. The molecule has 1 N–H and O–H groups in total. The zero-order valence-electron chi connectivity index (χ0n) is 11.4. The van der Waals surface area contributed by atoms with Crippen molar-refractivity contribution in [1.29, 1.82) is 0 Å². The standard InChI is InChI=1S/C14H23N3O/c1-3-15-14-16-8-7-12(17-14)10-18-13-6-4-5-11(2)9-13/h7-8,11,13H,3-6,9-10H2,1-2H3,(H,15,16,17). The van der Waals surface area contributed by atoms with Crippen molar-refractivity contribution in [3.05, 3.63) is 18.0 Å². The predicted molar refractivity (Wildman–Crippen MR) is 72.4 cm³/mol. The Morgan fingerprint density at radius 1 is 1.44 bits per heavy atom. The summed E-state index contributed by atoms with van der Waals surface area (Å²) in [6.07, 6.45) is 7.20. The van der Waals surface area contributed by atoms with Gasteiger partial charge in [0.15, 0.2) is 0 Å². The van der Waals surface area contributed by atoms with Crippen LogP contribution in [-0.4, -0.2) is 22.6 Å². The summed E-state index contributed by atoms with van der Waals surface area (Å²) < 4.78 is 5.95. The third kappa shape index (κ3) is 3.95. The fourth-order valence-corrected chi connectivity index (χ4v) is 2.45. The van der Waals surface area contributed by atoms with Crippen LogP contribution in [0, 0.1) is 5.92 Å². The largest absolute Gasteiger partial charge is 0.372 e. The molecule has 1 aliphatic rings. The van der Waals surface area contributed by atoms with Crippen molar-refractivity contribution in [2.45, 2.75) is 52.2 Å². The summed E-state index contributed by atoms with van der Waals surface area (Å²) in [5.41, 5.74) is 0.958. The molecule has 2 atom stereocenters. The molecule has 1 saturated carbocycles. The van der Waals surface area contributed by atoms with E-state index in [4.69, 9.17) is 4.74 Å². The number of nitrogens with one attached hydrogen (secondary N) is 1. The minimum Gasteiger partial charge on any atom is -0.372 e. The van der Waals surface area contributed by atoms with E-state index in [2.05, 4.69) is 22.2 Å². The van der Waals surface area contributed by atoms with E-state index >= 15 is 0 Å². The molecule has 18 heavy (non-hydrogen) atoms. The number of anilines is 1. The maximum absolute atomic E-state index is 5.95. The predicted octanol–water partition coefficient (Wildman–Crippen LogP) is 3.00. The monoisotopic (exact) mass is 249 g/mol. The quantitative estimate of drug-likeness (QED) is 0.871. The van der Waals surface area contributed by atoms with Crippen LogP contribution in [0.4, 0.5) is 5.95 Å². The number of nitrogens with zero attached hydrogens (tertiary/aromatic N) is 2. The number of aromatic nitrogens is 2. The molecule has 2 unspecified atom stereocenters. The lowest BCUT2D eigenvalue weighted by molar-refractivity contribution is 0.00321. The van der Waals surface area contributed by atoms with Crippen LogP contribution in [0.5, 0.6) is 0 Å². The highest BCUT2D eigenvalue weighted by Gasteiger charge is 2.19. The molecule has 1 aromatic heterocycles. The molecule has 1 heterocycles. The van der Waals surface area contributed by atoms with Gasteiger partial charge >= 0.3 is 0 Å². The van der Waals surface area contributed by atoms with E-state index in [9.17, 15) is 0 Å². The Hall–Kier alpha value is -1.16. The lowest BCUT2D eigenvalue weighted by atomic mass is 9.89. The Labute approximate surface area is 109 Å². The molecule has 0 amide bonds. The van der Waals surface area contributed by atoms with Gasteiger partial charge in [0, 0.05) is 12.7 Å². The number of hydrogen-bond acceptors (Lipinski definition) is 4. The molecule has 0 spiro atoms. The molecule has 0 aliphatic heterocycles. The fraction of sp³-hybridized carbons (Fsp3) is 0.714. The second kappa shape index (κ2) is 6.69. The summed E-state index contributed by atoms with van der Waals surface area (Å²) in [6.45, 7) is 5.78. The van der Waals surface area contributed by atoms with Crippen molar-refractivity contribution < 1.29 is 4.74 Å². The van der Waals surface area contributed by atoms with Gasteiger partial charge in [-0.2, -0.15) is 0 Å². The first-order chi connectivity index (χ1) is 8.78. The Bertz CT molecular complexity index is 370. The maximum atomic E-state index is 5.95. The van der Waals surface area contributed by atoms with Crippen molar-refractivity contribution in [2.24, 2.45) is 5.92 Å². The maximum Gasteiger partial charge on any atom is 0.222 e. The van der Waals surface area contributed by atoms with Crippen LogP contribution in [0.3, 0.4) is 0 Å². The Morgan fingerprint density at radius 2 is 2.33 bits per heavy atom. The fourth-order valence-electron chi connectivity index (χ4n) is 2.45. The van der Waals surface area contributed by atoms with Crippen LogP contribution in [0.15, 0.2) is 12.3 Å². The van der Waals surface area contributed by atoms with Gasteiger partial charge in [-0.25, -0.2) is 9.97 Å². The number of ether oxygens (including phenoxy) is 1. The summed E-state index contributed by atoms with van der Waals surface area (Å²) in [5.74, 6) is 1.49. The van der Waals surface area contributed by atoms with Crippen molar-refractivity contribution >= 4 is 5.95 Å². The molecule has 100 valence electrons. The van der Waals surface area contributed by atoms with Gasteiger partial charge in [0.1, 0.15) is 0 Å². The van der Waals surface area contributed by atoms with Crippen LogP contribution >= 0.6 is 0 Å². The highest BCUT2D eigenvalue weighted by Crippen LogP contribution is 2.26. The Kier molecular flexibility index (Phi) is 4.93. The third-order valence-corrected chi connectivity index (χ3v) is 3.40. The molecule has 1 fully saturated rings. The van der Waals surface area contributed by atoms with Gasteiger partial charge in [0.05, 0.1) is 18.4 Å². The van der Waals surface area contributed by atoms with E-state index in [1.807, 2.05) is 13.0 Å². The van der Waals surface area contributed by atoms with E-state index in [1.165, 1.54) is 25.7 Å². The van der Waals surface area contributed by atoms with Gasteiger partial charge < -0.3 is 10.1 Å². The first-order valence-electron chi connectivity index (χ1n) is 6.95. The molecule has 0 bridgehead atoms. The molecule has 0 aromatic carbocycles. The van der Waals surface area contributed by atoms with Crippen LogP contribution in [0.1, 0.15) is 45.2 Å². The summed E-state index contributed by atoms with van der Waals surface area (Å²) in [6, 6.07) is 1.92. The van der Waals surface area contributed by atoms with Crippen LogP contribution in [0.2, 0.25) is 0 Å². The molecular weight excluding hydrogens is 226 g/mol. The summed E-state index contributed by atoms with van der Waals surface area (Å²) >= 11 is 0. The third-order valence-electron chi connectivity index (χ3n) is 3.40. The van der Waals surface area contributed by atoms with Crippen LogP contribution in [-0.2, 0) is 11.3 Å². The number of hydrogen-bond donors (Lipinski definition) is 1. The highest BCUT2D eigenvalue weighted by molar-refractivity contribution is 5.24. The molecule has 1 aromatic rings. The molecule has 4 heteroatoms. The normalized spacial score (nSPS) is 23.9. The van der Waals surface area contributed by atoms with Gasteiger partial charge in [-0.15, -0.1) is 0 Å². The van der Waals surface area contributed by atoms with Gasteiger partial charge in [-0.1, -0.05) is 19.8 Å². The average molecular weight is 249 g/mol.